The second-order valence-electron chi connectivity index (χ2n) is 2.32. The molecule has 0 spiro atoms. The summed E-state index contributed by atoms with van der Waals surface area (Å²) >= 11 is 4.81. The molecule has 2 N–H and O–H groups in total. The van der Waals surface area contributed by atoms with Crippen molar-refractivity contribution in [2.75, 3.05) is 13.2 Å². The van der Waals surface area contributed by atoms with Gasteiger partial charge in [0.2, 0.25) is 0 Å². The monoisotopic (exact) mass is 145 g/mol. The van der Waals surface area contributed by atoms with E-state index < -0.39 is 0 Å². The highest BCUT2D eigenvalue weighted by atomic mass is 32.1. The van der Waals surface area contributed by atoms with Crippen LogP contribution in [-0.4, -0.2) is 18.2 Å². The van der Waals surface area contributed by atoms with Crippen molar-refractivity contribution in [3.8, 4) is 0 Å². The molecule has 1 aliphatic rings. The van der Waals surface area contributed by atoms with Gasteiger partial charge in [-0.3, -0.25) is 0 Å². The van der Waals surface area contributed by atoms with E-state index in [2.05, 4.69) is 0 Å². The van der Waals surface area contributed by atoms with E-state index in [0.717, 1.165) is 26.1 Å². The molecule has 1 aliphatic heterocycles. The molecule has 1 atom stereocenters. The van der Waals surface area contributed by atoms with Gasteiger partial charge >= 0.3 is 0 Å². The molecular formula is C6H11NOS. The summed E-state index contributed by atoms with van der Waals surface area (Å²) in [7, 11) is 0. The van der Waals surface area contributed by atoms with E-state index in [1.807, 2.05) is 0 Å². The van der Waals surface area contributed by atoms with E-state index in [4.69, 9.17) is 22.7 Å². The Kier molecular flexibility index (Phi) is 2.42. The minimum atomic E-state index is 0.341. The maximum absolute atomic E-state index is 5.42. The van der Waals surface area contributed by atoms with Gasteiger partial charge in [0.25, 0.3) is 0 Å². The highest BCUT2D eigenvalue weighted by Crippen LogP contribution is 2.12. The molecule has 1 rings (SSSR count). The number of thiocarbonyl (C=S) groups is 1. The summed E-state index contributed by atoms with van der Waals surface area (Å²) in [5, 5.41) is 0. The van der Waals surface area contributed by atoms with Gasteiger partial charge in [0.05, 0.1) is 11.6 Å². The quantitative estimate of drug-likeness (QED) is 0.552. The van der Waals surface area contributed by atoms with Crippen LogP contribution >= 0.6 is 12.2 Å². The molecule has 9 heavy (non-hydrogen) atoms. The average molecular weight is 145 g/mol. The zero-order valence-corrected chi connectivity index (χ0v) is 6.12. The van der Waals surface area contributed by atoms with Crippen LogP contribution in [0.5, 0.6) is 0 Å². The van der Waals surface area contributed by atoms with Gasteiger partial charge in [-0.2, -0.15) is 0 Å². The molecule has 0 aromatic rings. The van der Waals surface area contributed by atoms with Crippen LogP contribution in [0.25, 0.3) is 0 Å². The first kappa shape index (κ1) is 6.96. The van der Waals surface area contributed by atoms with Crippen LogP contribution in [0.3, 0.4) is 0 Å². The van der Waals surface area contributed by atoms with E-state index in [1.54, 1.807) is 0 Å². The average Bonchev–Trinajstić information content (AvgIpc) is 1.90. The number of hydrogen-bond donors (Lipinski definition) is 1. The summed E-state index contributed by atoms with van der Waals surface area (Å²) < 4.78 is 5.18. The van der Waals surface area contributed by atoms with Crippen molar-refractivity contribution in [1.29, 1.82) is 0 Å². The summed E-state index contributed by atoms with van der Waals surface area (Å²) in [6.45, 7) is 1.61. The first-order chi connectivity index (χ1) is 4.30. The fraction of sp³-hybridized carbons (Fsp3) is 0.833. The lowest BCUT2D eigenvalue weighted by molar-refractivity contribution is 0.0773. The van der Waals surface area contributed by atoms with Gasteiger partial charge in [0, 0.05) is 12.5 Å². The van der Waals surface area contributed by atoms with Crippen molar-refractivity contribution in [2.24, 2.45) is 11.7 Å². The van der Waals surface area contributed by atoms with Crippen molar-refractivity contribution in [1.82, 2.24) is 0 Å². The summed E-state index contributed by atoms with van der Waals surface area (Å²) in [5.41, 5.74) is 5.42. The van der Waals surface area contributed by atoms with Gasteiger partial charge in [-0.15, -0.1) is 0 Å². The molecule has 0 unspecified atom stereocenters. The van der Waals surface area contributed by atoms with Crippen LogP contribution in [0.2, 0.25) is 0 Å². The van der Waals surface area contributed by atoms with Gasteiger partial charge in [-0.1, -0.05) is 12.2 Å². The van der Waals surface area contributed by atoms with E-state index in [-0.39, 0.29) is 0 Å². The standard InChI is InChI=1S/C6H11NOS/c7-6(9)5-2-1-3-8-4-5/h5H,1-4H2,(H2,7,9)/t5-/m1/s1. The van der Waals surface area contributed by atoms with E-state index >= 15 is 0 Å². The Labute approximate surface area is 60.4 Å². The molecular weight excluding hydrogens is 134 g/mol. The molecule has 1 heterocycles. The Morgan fingerprint density at radius 3 is 2.78 bits per heavy atom. The van der Waals surface area contributed by atoms with Gasteiger partial charge in [-0.25, -0.2) is 0 Å². The maximum atomic E-state index is 5.42. The van der Waals surface area contributed by atoms with Crippen molar-refractivity contribution in [3.05, 3.63) is 0 Å². The minimum Gasteiger partial charge on any atom is -0.393 e. The smallest absolute Gasteiger partial charge is 0.0781 e. The van der Waals surface area contributed by atoms with Crippen molar-refractivity contribution in [2.45, 2.75) is 12.8 Å². The van der Waals surface area contributed by atoms with E-state index in [0.29, 0.717) is 10.9 Å². The third-order valence-corrected chi connectivity index (χ3v) is 1.90. The SMILES string of the molecule is NC(=S)[C@@H]1CCCOC1. The molecule has 0 aromatic carbocycles. The number of hydrogen-bond acceptors (Lipinski definition) is 2. The molecule has 1 fully saturated rings. The molecule has 0 bridgehead atoms. The van der Waals surface area contributed by atoms with Crippen molar-refractivity contribution < 1.29 is 4.74 Å². The molecule has 0 saturated carbocycles. The maximum Gasteiger partial charge on any atom is 0.0781 e. The van der Waals surface area contributed by atoms with Crippen LogP contribution < -0.4 is 5.73 Å². The number of rotatable bonds is 1. The lowest BCUT2D eigenvalue weighted by Gasteiger charge is -2.20. The number of ether oxygens (including phenoxy) is 1. The molecule has 52 valence electrons. The number of nitrogens with two attached hydrogens (primary N) is 1. The molecule has 0 aliphatic carbocycles. The predicted molar refractivity (Wildman–Crippen MR) is 40.3 cm³/mol. The Balaban J connectivity index is 2.31. The molecule has 3 heteroatoms. The third-order valence-electron chi connectivity index (χ3n) is 1.56. The zero-order chi connectivity index (χ0) is 6.69. The van der Waals surface area contributed by atoms with Crippen LogP contribution in [0.1, 0.15) is 12.8 Å². The second-order valence-corrected chi connectivity index (χ2v) is 2.79. The van der Waals surface area contributed by atoms with Gasteiger partial charge in [-0.05, 0) is 12.8 Å². The van der Waals surface area contributed by atoms with Crippen molar-refractivity contribution in [3.63, 3.8) is 0 Å². The summed E-state index contributed by atoms with van der Waals surface area (Å²) in [4.78, 5) is 0.606. The Morgan fingerprint density at radius 2 is 2.44 bits per heavy atom. The normalized spacial score (nSPS) is 27.8. The van der Waals surface area contributed by atoms with Crippen LogP contribution in [0.15, 0.2) is 0 Å². The third kappa shape index (κ3) is 1.91. The zero-order valence-electron chi connectivity index (χ0n) is 5.30. The van der Waals surface area contributed by atoms with Gasteiger partial charge in [0.1, 0.15) is 0 Å². The molecule has 2 nitrogen and oxygen atoms in total. The lowest BCUT2D eigenvalue weighted by Crippen LogP contribution is -2.29. The molecule has 0 amide bonds. The van der Waals surface area contributed by atoms with E-state index in [9.17, 15) is 0 Å². The van der Waals surface area contributed by atoms with Gasteiger partial charge in [0.15, 0.2) is 0 Å². The minimum absolute atomic E-state index is 0.341. The fourth-order valence-corrected chi connectivity index (χ4v) is 1.15. The van der Waals surface area contributed by atoms with Crippen LogP contribution in [-0.2, 0) is 4.74 Å². The summed E-state index contributed by atoms with van der Waals surface area (Å²) in [6, 6.07) is 0. The van der Waals surface area contributed by atoms with E-state index in [1.165, 1.54) is 0 Å². The highest BCUT2D eigenvalue weighted by molar-refractivity contribution is 7.80. The largest absolute Gasteiger partial charge is 0.393 e. The molecule has 0 radical (unpaired) electrons. The fourth-order valence-electron chi connectivity index (χ4n) is 0.965. The highest BCUT2D eigenvalue weighted by Gasteiger charge is 2.15. The van der Waals surface area contributed by atoms with Crippen molar-refractivity contribution >= 4 is 17.2 Å². The topological polar surface area (TPSA) is 35.2 Å². The first-order valence-electron chi connectivity index (χ1n) is 3.18. The summed E-state index contributed by atoms with van der Waals surface area (Å²) in [6.07, 6.45) is 2.21. The Morgan fingerprint density at radius 1 is 1.67 bits per heavy atom. The first-order valence-corrected chi connectivity index (χ1v) is 3.58. The van der Waals surface area contributed by atoms with Gasteiger partial charge < -0.3 is 10.5 Å². The lowest BCUT2D eigenvalue weighted by atomic mass is 10.0. The predicted octanol–water partition coefficient (Wildman–Crippen LogP) is 0.699. The molecule has 0 aromatic heterocycles. The molecule has 1 saturated heterocycles. The Hall–Kier alpha value is -0.150. The second kappa shape index (κ2) is 3.13. The van der Waals surface area contributed by atoms with Crippen LogP contribution in [0, 0.1) is 5.92 Å². The Bertz CT molecular complexity index is 110. The van der Waals surface area contributed by atoms with Crippen LogP contribution in [0.4, 0.5) is 0 Å². The summed E-state index contributed by atoms with van der Waals surface area (Å²) in [5.74, 6) is 0.341.